The predicted octanol–water partition coefficient (Wildman–Crippen LogP) is 2.06. The molecule has 2 aliphatic heterocycles. The number of nitrogens with zero attached hydrogens (tertiary/aromatic N) is 7. The minimum atomic E-state index is 0.487. The van der Waals surface area contributed by atoms with Crippen molar-refractivity contribution in [3.63, 3.8) is 0 Å². The molecule has 0 amide bonds. The van der Waals surface area contributed by atoms with Crippen molar-refractivity contribution in [1.82, 2.24) is 35.5 Å². The summed E-state index contributed by atoms with van der Waals surface area (Å²) < 4.78 is 7.14. The molecule has 0 unspecified atom stereocenters. The first kappa shape index (κ1) is 18.9. The lowest BCUT2D eigenvalue weighted by Gasteiger charge is -2.36. The second-order valence-corrected chi connectivity index (χ2v) is 8.18. The van der Waals surface area contributed by atoms with Gasteiger partial charge in [-0.3, -0.25) is 4.68 Å². The van der Waals surface area contributed by atoms with Crippen LogP contribution in [0.15, 0.2) is 30.5 Å². The Kier molecular flexibility index (Phi) is 4.82. The maximum atomic E-state index is 5.49. The van der Waals surface area contributed by atoms with E-state index < -0.39 is 0 Å². The Morgan fingerprint density at radius 2 is 1.77 bits per heavy atom. The van der Waals surface area contributed by atoms with E-state index in [0.717, 1.165) is 11.4 Å². The molecule has 0 aromatic carbocycles. The van der Waals surface area contributed by atoms with Gasteiger partial charge in [-0.15, -0.1) is 15.3 Å². The van der Waals surface area contributed by atoms with Crippen LogP contribution in [-0.4, -0.2) is 62.5 Å². The molecule has 9 heteroatoms. The number of rotatable bonds is 5. The van der Waals surface area contributed by atoms with Crippen molar-refractivity contribution in [1.29, 1.82) is 0 Å². The first-order valence-electron chi connectivity index (χ1n) is 10.4. The van der Waals surface area contributed by atoms with E-state index >= 15 is 0 Å². The smallest absolute Gasteiger partial charge is 0.223 e. The van der Waals surface area contributed by atoms with Crippen molar-refractivity contribution in [3.8, 4) is 28.5 Å². The summed E-state index contributed by atoms with van der Waals surface area (Å²) >= 11 is 0. The lowest BCUT2D eigenvalue weighted by atomic mass is 9.98. The lowest BCUT2D eigenvalue weighted by Crippen LogP contribution is -2.47. The van der Waals surface area contributed by atoms with Gasteiger partial charge in [0.2, 0.25) is 5.88 Å². The van der Waals surface area contributed by atoms with Gasteiger partial charge >= 0.3 is 0 Å². The van der Waals surface area contributed by atoms with Crippen molar-refractivity contribution < 1.29 is 4.74 Å². The van der Waals surface area contributed by atoms with E-state index in [0.29, 0.717) is 41.1 Å². The van der Waals surface area contributed by atoms with E-state index in [4.69, 9.17) is 4.74 Å². The third kappa shape index (κ3) is 3.49. The molecule has 5 heterocycles. The first-order chi connectivity index (χ1) is 14.6. The van der Waals surface area contributed by atoms with Crippen LogP contribution in [0, 0.1) is 0 Å². The van der Waals surface area contributed by atoms with Crippen LogP contribution in [0.2, 0.25) is 0 Å². The maximum absolute atomic E-state index is 5.49. The lowest BCUT2D eigenvalue weighted by molar-refractivity contribution is 0.353. The highest BCUT2D eigenvalue weighted by Crippen LogP contribution is 2.32. The number of pyridine rings is 1. The molecule has 3 aromatic heterocycles. The number of fused-ring (bicyclic) bond motifs is 2. The standard InChI is InChI=1S/C21H26N8O/c1-28-12-19(25-27-28)16-6-7-17(23-21(16)30-3)18-8-9-20(26-24-18)29(2)15-10-13-4-5-14(11-15)22-13/h6-9,12-15,22H,4-5,10-11H2,1-3H3/t13-,14+,15-. The zero-order valence-electron chi connectivity index (χ0n) is 17.5. The molecule has 0 aliphatic carbocycles. The highest BCUT2D eigenvalue weighted by atomic mass is 16.5. The van der Waals surface area contributed by atoms with E-state index in [2.05, 4.69) is 42.8 Å². The van der Waals surface area contributed by atoms with E-state index in [-0.39, 0.29) is 0 Å². The van der Waals surface area contributed by atoms with Gasteiger partial charge in [0.1, 0.15) is 11.4 Å². The minimum absolute atomic E-state index is 0.487. The SMILES string of the molecule is COc1nc(-c2ccc(N(C)[C@@H]3C[C@H]4CC[C@@H](C3)N4)nn2)ccc1-c1cn(C)nn1. The monoisotopic (exact) mass is 406 g/mol. The Hall–Kier alpha value is -3.07. The summed E-state index contributed by atoms with van der Waals surface area (Å²) in [6.45, 7) is 0. The van der Waals surface area contributed by atoms with Gasteiger partial charge in [0.15, 0.2) is 5.82 Å². The van der Waals surface area contributed by atoms with Crippen LogP contribution in [0.4, 0.5) is 5.82 Å². The van der Waals surface area contributed by atoms with Crippen LogP contribution in [0.3, 0.4) is 0 Å². The normalized spacial score (nSPS) is 22.8. The van der Waals surface area contributed by atoms with Crippen molar-refractivity contribution in [2.75, 3.05) is 19.1 Å². The van der Waals surface area contributed by atoms with E-state index in [9.17, 15) is 0 Å². The van der Waals surface area contributed by atoms with Gasteiger partial charge in [-0.25, -0.2) is 4.98 Å². The Bertz CT molecular complexity index is 1020. The van der Waals surface area contributed by atoms with Gasteiger partial charge in [-0.1, -0.05) is 5.21 Å². The van der Waals surface area contributed by atoms with Gasteiger partial charge in [0.05, 0.1) is 24.6 Å². The molecule has 2 bridgehead atoms. The van der Waals surface area contributed by atoms with Crippen molar-refractivity contribution in [2.45, 2.75) is 43.8 Å². The van der Waals surface area contributed by atoms with Crippen molar-refractivity contribution in [2.24, 2.45) is 7.05 Å². The summed E-state index contributed by atoms with van der Waals surface area (Å²) in [6.07, 6.45) is 6.74. The van der Waals surface area contributed by atoms with Crippen molar-refractivity contribution >= 4 is 5.82 Å². The number of hydrogen-bond donors (Lipinski definition) is 1. The van der Waals surface area contributed by atoms with Crippen LogP contribution < -0.4 is 15.0 Å². The quantitative estimate of drug-likeness (QED) is 0.688. The van der Waals surface area contributed by atoms with E-state index in [1.807, 2.05) is 37.5 Å². The number of aryl methyl sites for hydroxylation is 1. The van der Waals surface area contributed by atoms with Gasteiger partial charge in [-0.2, -0.15) is 0 Å². The Morgan fingerprint density at radius 3 is 2.40 bits per heavy atom. The Balaban J connectivity index is 1.36. The zero-order valence-corrected chi connectivity index (χ0v) is 17.5. The molecule has 3 aromatic rings. The molecule has 3 atom stereocenters. The molecule has 156 valence electrons. The number of aromatic nitrogens is 6. The molecule has 2 fully saturated rings. The van der Waals surface area contributed by atoms with E-state index in [1.165, 1.54) is 25.7 Å². The molecule has 0 saturated carbocycles. The summed E-state index contributed by atoms with van der Waals surface area (Å²) in [5.74, 6) is 1.38. The number of nitrogens with one attached hydrogen (secondary N) is 1. The zero-order chi connectivity index (χ0) is 20.7. The molecule has 5 rings (SSSR count). The summed E-state index contributed by atoms with van der Waals surface area (Å²) in [4.78, 5) is 6.89. The van der Waals surface area contributed by atoms with Crippen LogP contribution in [-0.2, 0) is 7.05 Å². The number of anilines is 1. The molecule has 0 spiro atoms. The minimum Gasteiger partial charge on any atom is -0.480 e. The molecule has 1 N–H and O–H groups in total. The number of hydrogen-bond acceptors (Lipinski definition) is 8. The molecule has 30 heavy (non-hydrogen) atoms. The van der Waals surface area contributed by atoms with Gasteiger partial charge in [-0.05, 0) is 49.9 Å². The van der Waals surface area contributed by atoms with Gasteiger partial charge in [0, 0.05) is 32.2 Å². The number of piperidine rings is 1. The average molecular weight is 406 g/mol. The number of methoxy groups -OCH3 is 1. The second kappa shape index (κ2) is 7.64. The van der Waals surface area contributed by atoms with Crippen LogP contribution in [0.5, 0.6) is 5.88 Å². The summed E-state index contributed by atoms with van der Waals surface area (Å²) in [6, 6.07) is 9.63. The Labute approximate surface area is 175 Å². The predicted molar refractivity (Wildman–Crippen MR) is 113 cm³/mol. The van der Waals surface area contributed by atoms with E-state index in [1.54, 1.807) is 11.8 Å². The molecule has 9 nitrogen and oxygen atoms in total. The van der Waals surface area contributed by atoms with Gasteiger partial charge < -0.3 is 15.0 Å². The topological polar surface area (TPSA) is 93.9 Å². The maximum Gasteiger partial charge on any atom is 0.223 e. The molecule has 0 radical (unpaired) electrons. The summed E-state index contributed by atoms with van der Waals surface area (Å²) in [5.41, 5.74) is 2.93. The summed E-state index contributed by atoms with van der Waals surface area (Å²) in [5, 5.41) is 20.7. The van der Waals surface area contributed by atoms with Crippen LogP contribution >= 0.6 is 0 Å². The molecular weight excluding hydrogens is 380 g/mol. The molecule has 2 saturated heterocycles. The van der Waals surface area contributed by atoms with Crippen LogP contribution in [0.1, 0.15) is 25.7 Å². The average Bonchev–Trinajstić information content (AvgIpc) is 3.37. The van der Waals surface area contributed by atoms with Gasteiger partial charge in [0.25, 0.3) is 0 Å². The fraction of sp³-hybridized carbons (Fsp3) is 0.476. The highest BCUT2D eigenvalue weighted by Gasteiger charge is 2.35. The fourth-order valence-electron chi connectivity index (χ4n) is 4.58. The second-order valence-electron chi connectivity index (χ2n) is 8.18. The fourth-order valence-corrected chi connectivity index (χ4v) is 4.58. The highest BCUT2D eigenvalue weighted by molar-refractivity contribution is 5.68. The first-order valence-corrected chi connectivity index (χ1v) is 10.4. The third-order valence-electron chi connectivity index (χ3n) is 6.20. The van der Waals surface area contributed by atoms with Crippen molar-refractivity contribution in [3.05, 3.63) is 30.5 Å². The molecular formula is C21H26N8O. The largest absolute Gasteiger partial charge is 0.480 e. The summed E-state index contributed by atoms with van der Waals surface area (Å²) in [7, 11) is 5.55. The third-order valence-corrected chi connectivity index (χ3v) is 6.20. The number of ether oxygens (including phenoxy) is 1. The molecule has 2 aliphatic rings. The van der Waals surface area contributed by atoms with Crippen LogP contribution in [0.25, 0.3) is 22.6 Å². The Morgan fingerprint density at radius 1 is 1.00 bits per heavy atom.